The summed E-state index contributed by atoms with van der Waals surface area (Å²) >= 11 is 8.27. The maximum atomic E-state index is 12.5. The lowest BCUT2D eigenvalue weighted by Crippen LogP contribution is -2.34. The molecule has 2 aromatic carbocycles. The number of piperidine rings is 4. The number of methoxy groups -OCH3 is 3. The lowest BCUT2D eigenvalue weighted by molar-refractivity contribution is 0.0597. The van der Waals surface area contributed by atoms with Gasteiger partial charge < -0.3 is 45.7 Å². The molecule has 8 unspecified atom stereocenters. The first-order valence-electron chi connectivity index (χ1n) is 26.9. The van der Waals surface area contributed by atoms with Crippen LogP contribution in [-0.4, -0.2) is 164 Å². The van der Waals surface area contributed by atoms with Crippen LogP contribution in [0.5, 0.6) is 0 Å². The quantitative estimate of drug-likeness (QED) is 0.0374. The number of halogens is 1. The van der Waals surface area contributed by atoms with Crippen molar-refractivity contribution in [2.75, 3.05) is 88.4 Å². The second kappa shape index (κ2) is 26.0. The molecule has 85 heavy (non-hydrogen) atoms. The number of carbonyl (C=O) groups excluding carboxylic acids is 4. The number of aryl methyl sites for hydroxylation is 2. The number of rotatable bonds is 13. The predicted molar refractivity (Wildman–Crippen MR) is 323 cm³/mol. The van der Waals surface area contributed by atoms with Crippen LogP contribution in [0.25, 0.3) is 0 Å². The van der Waals surface area contributed by atoms with Crippen LogP contribution < -0.4 is 46.4 Å². The molecule has 4 saturated heterocycles. The lowest BCUT2D eigenvalue weighted by atomic mass is 10.2. The highest BCUT2D eigenvalue weighted by Crippen LogP contribution is 2.50. The number of ether oxygens (including phenoxy) is 3. The van der Waals surface area contributed by atoms with E-state index < -0.39 is 26.0 Å². The van der Waals surface area contributed by atoms with Crippen molar-refractivity contribution < 1.29 is 55.4 Å². The summed E-state index contributed by atoms with van der Waals surface area (Å²) in [7, 11) is -2.93. The Morgan fingerprint density at radius 1 is 0.541 bits per heavy atom. The molecule has 456 valence electrons. The number of anilines is 3. The van der Waals surface area contributed by atoms with Crippen molar-refractivity contribution in [3.05, 3.63) is 108 Å². The zero-order chi connectivity index (χ0) is 60.6. The van der Waals surface area contributed by atoms with Crippen LogP contribution in [0.4, 0.5) is 15.4 Å². The molecule has 9 N–H and O–H groups in total. The molecule has 4 aliphatic heterocycles. The van der Waals surface area contributed by atoms with E-state index in [2.05, 4.69) is 69.9 Å². The number of benzene rings is 2. The number of nitrogens with zero attached hydrogens (tertiary/aromatic N) is 7. The molecular formula is C53H64BrN13O12S6. The van der Waals surface area contributed by atoms with E-state index in [4.69, 9.17) is 21.4 Å². The van der Waals surface area contributed by atoms with Crippen molar-refractivity contribution in [3.8, 4) is 0 Å². The van der Waals surface area contributed by atoms with Crippen LogP contribution in [-0.2, 0) is 34.3 Å². The third-order valence-corrected chi connectivity index (χ3v) is 23.8. The zero-order valence-corrected chi connectivity index (χ0v) is 53.0. The van der Waals surface area contributed by atoms with Crippen molar-refractivity contribution in [1.82, 2.24) is 40.2 Å². The van der Waals surface area contributed by atoms with Gasteiger partial charge in [0, 0.05) is 63.4 Å². The average molecular weight is 1350 g/mol. The van der Waals surface area contributed by atoms with E-state index in [1.807, 2.05) is 18.7 Å². The Balaban J connectivity index is 0.000000126. The molecule has 8 atom stereocenters. The van der Waals surface area contributed by atoms with Crippen molar-refractivity contribution in [3.63, 3.8) is 0 Å². The number of hydroxylamine groups is 1. The number of esters is 3. The number of sulfonamides is 2. The normalized spacial score (nSPS) is 26.6. The monoisotopic (exact) mass is 1350 g/mol. The highest BCUT2D eigenvalue weighted by atomic mass is 79.9. The van der Waals surface area contributed by atoms with Gasteiger partial charge in [0.25, 0.3) is 5.91 Å². The van der Waals surface area contributed by atoms with Crippen LogP contribution in [0.3, 0.4) is 0 Å². The summed E-state index contributed by atoms with van der Waals surface area (Å²) in [5.41, 5.74) is 15.1. The summed E-state index contributed by atoms with van der Waals surface area (Å²) in [6, 6.07) is 14.5. The summed E-state index contributed by atoms with van der Waals surface area (Å²) in [6.07, 6.45) is 6.00. The molecule has 14 rings (SSSR count). The summed E-state index contributed by atoms with van der Waals surface area (Å²) in [4.78, 5) is 70.3. The SMILES string of the molecule is COC(=O)c1cnc(Br)s1.COC(=O)c1cnc(N2CC3C(C2)C3NS(=O)(=O)c2ccc(C)cc2)s1.COC(=O)c1cnc(N2CC3C(N)C3C2)s1.Cc1ccc(S(=O)(=O)NC2C3CN(c4ncc(C(=O)NO)s4)CC32)cc1.NC1C2CNCC12. The number of carbonyl (C=O) groups is 4. The maximum Gasteiger partial charge on any atom is 0.349 e. The Labute approximate surface area is 515 Å². The Kier molecular flexibility index (Phi) is 19.1. The van der Waals surface area contributed by atoms with Gasteiger partial charge in [-0.3, -0.25) is 10.0 Å². The van der Waals surface area contributed by atoms with Gasteiger partial charge in [0.1, 0.15) is 19.5 Å². The van der Waals surface area contributed by atoms with Crippen molar-refractivity contribution in [2.24, 2.45) is 58.8 Å². The fraction of sp³-hybridized carbons (Fsp3) is 0.472. The van der Waals surface area contributed by atoms with Crippen molar-refractivity contribution in [1.29, 1.82) is 0 Å². The van der Waals surface area contributed by atoms with E-state index in [1.54, 1.807) is 60.2 Å². The topological polar surface area (TPSA) is 346 Å². The minimum Gasteiger partial charge on any atom is -0.465 e. The van der Waals surface area contributed by atoms with Gasteiger partial charge in [-0.25, -0.2) is 66.1 Å². The average Bonchev–Trinajstić information content (AvgIpc) is 1.74. The molecule has 8 aliphatic rings. The molecule has 8 fully saturated rings. The second-order valence-electron chi connectivity index (χ2n) is 21.7. The zero-order valence-electron chi connectivity index (χ0n) is 46.6. The highest BCUT2D eigenvalue weighted by Gasteiger charge is 2.59. The molecule has 8 heterocycles. The van der Waals surface area contributed by atoms with Gasteiger partial charge >= 0.3 is 17.9 Å². The first-order valence-corrected chi connectivity index (χ1v) is 34.0. The van der Waals surface area contributed by atoms with Crippen LogP contribution in [0.2, 0.25) is 0 Å². The maximum absolute atomic E-state index is 12.5. The third kappa shape index (κ3) is 14.4. The molecule has 1 amide bonds. The van der Waals surface area contributed by atoms with E-state index in [9.17, 15) is 36.0 Å². The Morgan fingerprint density at radius 3 is 1.20 bits per heavy atom. The molecule has 32 heteroatoms. The minimum absolute atomic E-state index is 0.0300. The fourth-order valence-electron chi connectivity index (χ4n) is 11.1. The molecule has 4 aromatic heterocycles. The summed E-state index contributed by atoms with van der Waals surface area (Å²) < 4.78 is 70.1. The van der Waals surface area contributed by atoms with Gasteiger partial charge in [-0.05, 0) is 114 Å². The van der Waals surface area contributed by atoms with E-state index in [-0.39, 0.29) is 58.6 Å². The van der Waals surface area contributed by atoms with E-state index in [0.717, 1.165) is 59.4 Å². The number of hydrogen-bond donors (Lipinski definition) is 7. The number of nitrogens with one attached hydrogen (secondary N) is 4. The standard InChI is InChI=1S/C17H19N3O4S2.C16H18N4O4S2.C10H13N3O2S.C5H4BrNO2S.C5H10N2/c1-10-3-5-11(6-4-10)26(22,23)19-15-12-8-20(9-13(12)15)17-18-7-14(25-17)16(21)24-2;1-9-2-4-10(5-3-9)26(23,24)19-14-11-7-20(8-12(11)14)16-17-6-13(25-16)15(21)18-22;1-15-9(14)7-2-12-10(16-7)13-3-5-6(4-13)8(5)11;1-9-4(8)3-2-7-5(6)10-3;6-5-3-1-7-2-4(3)5/h3-7,12-13,15,19H,8-9H2,1-2H3;2-6,11-12,14,19,22H,7-8H2,1H3,(H,18,21);2,5-6,8H,3-4,11H2,1H3;2H,1H3;3-5,7H,1-2,6H2. The van der Waals surface area contributed by atoms with Crippen molar-refractivity contribution >= 4 is 121 Å². The number of thiazole rings is 4. The van der Waals surface area contributed by atoms with E-state index in [0.29, 0.717) is 70.5 Å². The number of amides is 1. The summed E-state index contributed by atoms with van der Waals surface area (Å²) in [5, 5.41) is 14.3. The van der Waals surface area contributed by atoms with E-state index >= 15 is 0 Å². The van der Waals surface area contributed by atoms with Gasteiger partial charge in [-0.1, -0.05) is 69.4 Å². The summed E-state index contributed by atoms with van der Waals surface area (Å²) in [5.74, 6) is 2.37. The second-order valence-corrected chi connectivity index (χ2v) is 30.4. The smallest absolute Gasteiger partial charge is 0.349 e. The van der Waals surface area contributed by atoms with Crippen LogP contribution in [0.1, 0.15) is 49.8 Å². The predicted octanol–water partition coefficient (Wildman–Crippen LogP) is 3.81. The van der Waals surface area contributed by atoms with Crippen LogP contribution in [0, 0.1) is 61.2 Å². The number of aromatic nitrogens is 4. The number of nitrogens with two attached hydrogens (primary N) is 2. The Bertz CT molecular complexity index is 3430. The van der Waals surface area contributed by atoms with E-state index in [1.165, 1.54) is 98.4 Å². The number of hydrogen-bond acceptors (Lipinski definition) is 26. The van der Waals surface area contributed by atoms with Gasteiger partial charge in [-0.2, -0.15) is 0 Å². The van der Waals surface area contributed by atoms with Gasteiger partial charge in [-0.15, -0.1) is 11.3 Å². The molecule has 4 saturated carbocycles. The first-order chi connectivity index (χ1) is 40.6. The third-order valence-electron chi connectivity index (χ3n) is 16.3. The Hall–Kier alpha value is -5.62. The van der Waals surface area contributed by atoms with Gasteiger partial charge in [0.15, 0.2) is 19.3 Å². The van der Waals surface area contributed by atoms with Gasteiger partial charge in [0.2, 0.25) is 20.0 Å². The fourth-order valence-corrected chi connectivity index (χ4v) is 17.5. The van der Waals surface area contributed by atoms with Crippen LogP contribution >= 0.6 is 61.3 Å². The molecule has 0 radical (unpaired) electrons. The molecule has 0 spiro atoms. The Morgan fingerprint density at radius 2 is 0.871 bits per heavy atom. The van der Waals surface area contributed by atoms with Crippen molar-refractivity contribution in [2.45, 2.75) is 47.8 Å². The minimum atomic E-state index is -3.51. The molecule has 0 bridgehead atoms. The largest absolute Gasteiger partial charge is 0.465 e. The van der Waals surface area contributed by atoms with Crippen LogP contribution in [0.15, 0.2) is 87.0 Å². The summed E-state index contributed by atoms with van der Waals surface area (Å²) in [6.45, 7) is 11.0. The van der Waals surface area contributed by atoms with Gasteiger partial charge in [0.05, 0.1) is 55.9 Å². The molecule has 25 nitrogen and oxygen atoms in total. The molecule has 4 aliphatic carbocycles. The molecule has 6 aromatic rings. The highest BCUT2D eigenvalue weighted by molar-refractivity contribution is 9.11. The lowest BCUT2D eigenvalue weighted by Gasteiger charge is -2.19. The first kappa shape index (κ1) is 62.4. The molecular weight excluding hydrogens is 1280 g/mol. The number of fused-ring (bicyclic) bond motifs is 4.